The number of hydrogen-bond donors (Lipinski definition) is 1. The van der Waals surface area contributed by atoms with Gasteiger partial charge in [0.25, 0.3) is 0 Å². The minimum absolute atomic E-state index is 0.339. The highest BCUT2D eigenvalue weighted by molar-refractivity contribution is 7.14. The van der Waals surface area contributed by atoms with E-state index in [9.17, 15) is 0 Å². The van der Waals surface area contributed by atoms with E-state index in [0.717, 1.165) is 41.7 Å². The third-order valence-electron chi connectivity index (χ3n) is 5.39. The maximum absolute atomic E-state index is 5.82. The topological polar surface area (TPSA) is 48.3 Å². The van der Waals surface area contributed by atoms with E-state index in [4.69, 9.17) is 14.5 Å². The highest BCUT2D eigenvalue weighted by atomic mass is 32.1. The van der Waals surface area contributed by atoms with E-state index in [1.54, 1.807) is 18.4 Å². The van der Waals surface area contributed by atoms with Crippen LogP contribution in [-0.2, 0) is 17.8 Å². The van der Waals surface area contributed by atoms with Gasteiger partial charge < -0.3 is 19.4 Å². The van der Waals surface area contributed by atoms with Crippen molar-refractivity contribution in [3.8, 4) is 17.0 Å². The number of aryl methyl sites for hydroxylation is 1. The zero-order valence-electron chi connectivity index (χ0n) is 16.7. The van der Waals surface area contributed by atoms with E-state index in [0.29, 0.717) is 12.6 Å². The summed E-state index contributed by atoms with van der Waals surface area (Å²) in [6.45, 7) is 6.86. The maximum atomic E-state index is 5.82. The van der Waals surface area contributed by atoms with Gasteiger partial charge in [-0.25, -0.2) is 4.98 Å². The molecule has 4 rings (SSSR count). The summed E-state index contributed by atoms with van der Waals surface area (Å²) in [6.07, 6.45) is 2.66. The first-order valence-corrected chi connectivity index (χ1v) is 10.6. The normalized spacial score (nSPS) is 16.5. The molecule has 0 amide bonds. The van der Waals surface area contributed by atoms with Gasteiger partial charge in [0.2, 0.25) is 0 Å². The molecule has 2 aromatic heterocycles. The molecule has 1 saturated heterocycles. The predicted octanol–water partition coefficient (Wildman–Crippen LogP) is 5.03. The fourth-order valence-corrected chi connectivity index (χ4v) is 4.54. The Balaban J connectivity index is 1.48. The van der Waals surface area contributed by atoms with Crippen molar-refractivity contribution in [1.29, 1.82) is 0 Å². The number of nitrogens with zero attached hydrogens (tertiary/aromatic N) is 2. The lowest BCUT2D eigenvalue weighted by molar-refractivity contribution is 0.0962. The fraction of sp³-hybridized carbons (Fsp3) is 0.409. The van der Waals surface area contributed by atoms with E-state index in [1.165, 1.54) is 23.4 Å². The molecule has 1 N–H and O–H groups in total. The van der Waals surface area contributed by atoms with Crippen LogP contribution in [0.1, 0.15) is 29.8 Å². The lowest BCUT2D eigenvalue weighted by Crippen LogP contribution is -2.16. The molecule has 3 aromatic rings. The van der Waals surface area contributed by atoms with Crippen LogP contribution in [0.15, 0.2) is 35.7 Å². The summed E-state index contributed by atoms with van der Waals surface area (Å²) in [5.41, 5.74) is 5.88. The molecule has 1 atom stereocenters. The molecule has 148 valence electrons. The highest BCUT2D eigenvalue weighted by Crippen LogP contribution is 2.31. The molecular formula is C22H27N3O2S. The molecule has 1 unspecified atom stereocenters. The minimum atomic E-state index is 0.339. The van der Waals surface area contributed by atoms with Crippen LogP contribution in [0, 0.1) is 13.8 Å². The highest BCUT2D eigenvalue weighted by Gasteiger charge is 2.20. The quantitative estimate of drug-likeness (QED) is 0.608. The van der Waals surface area contributed by atoms with Crippen molar-refractivity contribution in [1.82, 2.24) is 9.55 Å². The Morgan fingerprint density at radius 1 is 1.32 bits per heavy atom. The number of thiazole rings is 1. The Labute approximate surface area is 170 Å². The van der Waals surface area contributed by atoms with Crippen molar-refractivity contribution < 1.29 is 9.47 Å². The molecule has 1 fully saturated rings. The van der Waals surface area contributed by atoms with Gasteiger partial charge in [0.05, 0.1) is 18.9 Å². The second-order valence-corrected chi connectivity index (χ2v) is 8.09. The Bertz CT molecular complexity index is 941. The number of aromatic nitrogens is 2. The van der Waals surface area contributed by atoms with Crippen molar-refractivity contribution in [3.63, 3.8) is 0 Å². The van der Waals surface area contributed by atoms with Crippen LogP contribution in [0.3, 0.4) is 0 Å². The van der Waals surface area contributed by atoms with Crippen LogP contribution in [-0.4, -0.2) is 29.4 Å². The lowest BCUT2D eigenvalue weighted by Gasteiger charge is -2.14. The van der Waals surface area contributed by atoms with Crippen molar-refractivity contribution >= 4 is 16.5 Å². The number of rotatable bonds is 7. The molecule has 3 heterocycles. The number of methoxy groups -OCH3 is 1. The number of hydrogen-bond acceptors (Lipinski definition) is 5. The zero-order valence-corrected chi connectivity index (χ0v) is 17.5. The first kappa shape index (κ1) is 19.0. The summed E-state index contributed by atoms with van der Waals surface area (Å²) < 4.78 is 13.6. The van der Waals surface area contributed by atoms with E-state index in [2.05, 4.69) is 41.2 Å². The SMILES string of the molecule is COc1ccccc1CNc1nc(-c2cc(C)n(CC3CCCO3)c2C)cs1. The van der Waals surface area contributed by atoms with Crippen molar-refractivity contribution in [3.05, 3.63) is 52.7 Å². The first-order valence-electron chi connectivity index (χ1n) is 9.75. The first-order chi connectivity index (χ1) is 13.7. The van der Waals surface area contributed by atoms with Gasteiger partial charge in [-0.3, -0.25) is 0 Å². The average Bonchev–Trinajstić information content (AvgIpc) is 3.44. The molecule has 1 aromatic carbocycles. The number of ether oxygens (including phenoxy) is 2. The Morgan fingerprint density at radius 2 is 2.18 bits per heavy atom. The van der Waals surface area contributed by atoms with Crippen molar-refractivity contribution in [2.75, 3.05) is 19.0 Å². The second kappa shape index (κ2) is 8.37. The summed E-state index contributed by atoms with van der Waals surface area (Å²) >= 11 is 1.64. The third kappa shape index (κ3) is 3.93. The van der Waals surface area contributed by atoms with Gasteiger partial charge in [-0.2, -0.15) is 0 Å². The molecule has 0 spiro atoms. The largest absolute Gasteiger partial charge is 0.496 e. The van der Waals surface area contributed by atoms with Gasteiger partial charge in [-0.05, 0) is 38.8 Å². The minimum Gasteiger partial charge on any atom is -0.496 e. The second-order valence-electron chi connectivity index (χ2n) is 7.23. The van der Waals surface area contributed by atoms with Gasteiger partial charge in [0.15, 0.2) is 5.13 Å². The monoisotopic (exact) mass is 397 g/mol. The van der Waals surface area contributed by atoms with Crippen molar-refractivity contribution in [2.45, 2.75) is 45.9 Å². The van der Waals surface area contributed by atoms with E-state index in [-0.39, 0.29) is 0 Å². The van der Waals surface area contributed by atoms with Gasteiger partial charge in [-0.15, -0.1) is 11.3 Å². The molecule has 0 aliphatic carbocycles. The third-order valence-corrected chi connectivity index (χ3v) is 6.19. The average molecular weight is 398 g/mol. The van der Waals surface area contributed by atoms with Crippen LogP contribution in [0.25, 0.3) is 11.3 Å². The molecule has 28 heavy (non-hydrogen) atoms. The van der Waals surface area contributed by atoms with Crippen LogP contribution >= 0.6 is 11.3 Å². The van der Waals surface area contributed by atoms with Crippen LogP contribution in [0.5, 0.6) is 5.75 Å². The maximum Gasteiger partial charge on any atom is 0.183 e. The van der Waals surface area contributed by atoms with Gasteiger partial charge in [-0.1, -0.05) is 18.2 Å². The Hall–Kier alpha value is -2.31. The molecule has 0 radical (unpaired) electrons. The van der Waals surface area contributed by atoms with E-state index >= 15 is 0 Å². The molecular weight excluding hydrogens is 370 g/mol. The molecule has 5 nitrogen and oxygen atoms in total. The van der Waals surface area contributed by atoms with Crippen LogP contribution < -0.4 is 10.1 Å². The lowest BCUT2D eigenvalue weighted by atomic mass is 10.2. The molecule has 0 saturated carbocycles. The van der Waals surface area contributed by atoms with Gasteiger partial charge in [0.1, 0.15) is 5.75 Å². The fourth-order valence-electron chi connectivity index (χ4n) is 3.83. The summed E-state index contributed by atoms with van der Waals surface area (Å²) in [7, 11) is 1.70. The predicted molar refractivity (Wildman–Crippen MR) is 114 cm³/mol. The van der Waals surface area contributed by atoms with Crippen molar-refractivity contribution in [2.24, 2.45) is 0 Å². The Morgan fingerprint density at radius 3 is 2.96 bits per heavy atom. The van der Waals surface area contributed by atoms with Crippen LogP contribution in [0.4, 0.5) is 5.13 Å². The number of nitrogens with one attached hydrogen (secondary N) is 1. The Kier molecular flexibility index (Phi) is 5.69. The summed E-state index contributed by atoms with van der Waals surface area (Å²) in [4.78, 5) is 4.82. The number of anilines is 1. The van der Waals surface area contributed by atoms with Gasteiger partial charge >= 0.3 is 0 Å². The molecule has 1 aliphatic rings. The number of benzene rings is 1. The van der Waals surface area contributed by atoms with E-state index < -0.39 is 0 Å². The summed E-state index contributed by atoms with van der Waals surface area (Å²) in [6, 6.07) is 10.3. The summed E-state index contributed by atoms with van der Waals surface area (Å²) in [5.74, 6) is 0.893. The smallest absolute Gasteiger partial charge is 0.183 e. The van der Waals surface area contributed by atoms with E-state index in [1.807, 2.05) is 18.2 Å². The summed E-state index contributed by atoms with van der Waals surface area (Å²) in [5, 5.41) is 6.47. The zero-order chi connectivity index (χ0) is 19.5. The standard InChI is InChI=1S/C22H27N3O2S/c1-15-11-19(16(2)25(15)13-18-8-6-10-27-18)20-14-28-22(24-20)23-12-17-7-4-5-9-21(17)26-3/h4-5,7,9,11,14,18H,6,8,10,12-13H2,1-3H3,(H,23,24). The van der Waals surface area contributed by atoms with Crippen LogP contribution in [0.2, 0.25) is 0 Å². The molecule has 1 aliphatic heterocycles. The molecule has 6 heteroatoms. The number of para-hydroxylation sites is 1. The van der Waals surface area contributed by atoms with Gasteiger partial charge in [0, 0.05) is 47.6 Å². The molecule has 0 bridgehead atoms.